The minimum Gasteiger partial charge on any atom is -0.338 e. The second kappa shape index (κ2) is 8.80. The van der Waals surface area contributed by atoms with Crippen molar-refractivity contribution >= 4 is 0 Å². The van der Waals surface area contributed by atoms with E-state index < -0.39 is 0 Å². The average molecular weight is 398 g/mol. The molecule has 0 amide bonds. The van der Waals surface area contributed by atoms with Gasteiger partial charge in [-0.1, -0.05) is 36.3 Å². The van der Waals surface area contributed by atoms with Crippen molar-refractivity contribution in [3.05, 3.63) is 83.0 Å². The standard InChI is InChI=1S/C22H24F2N4O/c1-2-20-25-21(29-26-20)15-27-11-13-28(14-12-27)22(16-3-7-18(23)8-4-16)17-5-9-19(24)10-6-17/h3-10,22H,2,11-15H2,1H3. The van der Waals surface area contributed by atoms with Crippen molar-refractivity contribution in [2.24, 2.45) is 0 Å². The number of nitrogens with zero attached hydrogens (tertiary/aromatic N) is 4. The van der Waals surface area contributed by atoms with E-state index in [9.17, 15) is 8.78 Å². The van der Waals surface area contributed by atoms with Crippen LogP contribution < -0.4 is 0 Å². The molecule has 0 aliphatic carbocycles. The Labute approximate surface area is 168 Å². The number of rotatable bonds is 6. The molecular weight excluding hydrogens is 374 g/mol. The summed E-state index contributed by atoms with van der Waals surface area (Å²) in [5.41, 5.74) is 1.99. The topological polar surface area (TPSA) is 45.4 Å². The Morgan fingerprint density at radius 1 is 0.897 bits per heavy atom. The van der Waals surface area contributed by atoms with Gasteiger partial charge in [0.1, 0.15) is 11.6 Å². The van der Waals surface area contributed by atoms with E-state index in [1.807, 2.05) is 6.92 Å². The first-order valence-corrected chi connectivity index (χ1v) is 9.91. The summed E-state index contributed by atoms with van der Waals surface area (Å²) in [4.78, 5) is 9.02. The summed E-state index contributed by atoms with van der Waals surface area (Å²) < 4.78 is 32.2. The predicted octanol–water partition coefficient (Wildman–Crippen LogP) is 3.82. The number of hydrogen-bond acceptors (Lipinski definition) is 5. The van der Waals surface area contributed by atoms with Crippen LogP contribution in [0.2, 0.25) is 0 Å². The van der Waals surface area contributed by atoms with E-state index >= 15 is 0 Å². The molecule has 1 aliphatic rings. The lowest BCUT2D eigenvalue weighted by atomic mass is 9.96. The van der Waals surface area contributed by atoms with Gasteiger partial charge in [0.25, 0.3) is 0 Å². The van der Waals surface area contributed by atoms with Crippen LogP contribution in [0.5, 0.6) is 0 Å². The van der Waals surface area contributed by atoms with E-state index in [1.165, 1.54) is 24.3 Å². The fraction of sp³-hybridized carbons (Fsp3) is 0.364. The van der Waals surface area contributed by atoms with Gasteiger partial charge in [0.15, 0.2) is 5.82 Å². The van der Waals surface area contributed by atoms with Crippen LogP contribution in [0.3, 0.4) is 0 Å². The van der Waals surface area contributed by atoms with Crippen LogP contribution in [0, 0.1) is 11.6 Å². The van der Waals surface area contributed by atoms with E-state index in [4.69, 9.17) is 4.52 Å². The van der Waals surface area contributed by atoms with Gasteiger partial charge in [0.05, 0.1) is 12.6 Å². The maximum atomic E-state index is 13.4. The number of aryl methyl sites for hydroxylation is 1. The van der Waals surface area contributed by atoms with Crippen LogP contribution in [0.25, 0.3) is 0 Å². The van der Waals surface area contributed by atoms with Crippen molar-refractivity contribution in [1.82, 2.24) is 19.9 Å². The quantitative estimate of drug-likeness (QED) is 0.632. The number of piperazine rings is 1. The van der Waals surface area contributed by atoms with Gasteiger partial charge in [-0.15, -0.1) is 0 Å². The van der Waals surface area contributed by atoms with Gasteiger partial charge in [0.2, 0.25) is 5.89 Å². The molecule has 29 heavy (non-hydrogen) atoms. The highest BCUT2D eigenvalue weighted by Gasteiger charge is 2.27. The van der Waals surface area contributed by atoms with Gasteiger partial charge < -0.3 is 4.52 Å². The highest BCUT2D eigenvalue weighted by Crippen LogP contribution is 2.30. The van der Waals surface area contributed by atoms with Gasteiger partial charge in [-0.25, -0.2) is 8.78 Å². The van der Waals surface area contributed by atoms with Crippen molar-refractivity contribution in [2.75, 3.05) is 26.2 Å². The zero-order valence-corrected chi connectivity index (χ0v) is 16.4. The Morgan fingerprint density at radius 3 is 1.93 bits per heavy atom. The highest BCUT2D eigenvalue weighted by molar-refractivity contribution is 5.32. The van der Waals surface area contributed by atoms with Crippen molar-refractivity contribution < 1.29 is 13.3 Å². The summed E-state index contributed by atoms with van der Waals surface area (Å²) in [6, 6.07) is 13.1. The molecule has 1 saturated heterocycles. The maximum Gasteiger partial charge on any atom is 0.240 e. The summed E-state index contributed by atoms with van der Waals surface area (Å²) >= 11 is 0. The lowest BCUT2D eigenvalue weighted by Crippen LogP contribution is -2.47. The van der Waals surface area contributed by atoms with Crippen LogP contribution >= 0.6 is 0 Å². The normalized spacial score (nSPS) is 15.9. The molecule has 0 atom stereocenters. The fourth-order valence-corrected chi connectivity index (χ4v) is 3.77. The monoisotopic (exact) mass is 398 g/mol. The molecule has 5 nitrogen and oxygen atoms in total. The van der Waals surface area contributed by atoms with Crippen LogP contribution in [0.4, 0.5) is 8.78 Å². The summed E-state index contributed by atoms with van der Waals surface area (Å²) in [6.45, 7) is 5.99. The maximum absolute atomic E-state index is 13.4. The molecule has 152 valence electrons. The zero-order chi connectivity index (χ0) is 20.2. The second-order valence-corrected chi connectivity index (χ2v) is 7.28. The number of halogens is 2. The second-order valence-electron chi connectivity index (χ2n) is 7.28. The third-order valence-corrected chi connectivity index (χ3v) is 5.33. The molecule has 1 aromatic heterocycles. The molecule has 0 bridgehead atoms. The Hall–Kier alpha value is -2.64. The molecule has 2 heterocycles. The van der Waals surface area contributed by atoms with E-state index in [1.54, 1.807) is 24.3 Å². The van der Waals surface area contributed by atoms with Crippen LogP contribution in [0.15, 0.2) is 53.1 Å². The number of hydrogen-bond donors (Lipinski definition) is 0. The lowest BCUT2D eigenvalue weighted by molar-refractivity contribution is 0.0966. The molecule has 0 N–H and O–H groups in total. The SMILES string of the molecule is CCc1noc(CN2CCN(C(c3ccc(F)cc3)c3ccc(F)cc3)CC2)n1. The first kappa shape index (κ1) is 19.7. The molecule has 0 radical (unpaired) electrons. The highest BCUT2D eigenvalue weighted by atomic mass is 19.1. The van der Waals surface area contributed by atoms with Crippen LogP contribution in [-0.2, 0) is 13.0 Å². The van der Waals surface area contributed by atoms with Gasteiger partial charge in [-0.05, 0) is 35.4 Å². The van der Waals surface area contributed by atoms with Gasteiger partial charge in [-0.2, -0.15) is 4.98 Å². The Kier molecular flexibility index (Phi) is 5.97. The largest absolute Gasteiger partial charge is 0.338 e. The third-order valence-electron chi connectivity index (χ3n) is 5.33. The average Bonchev–Trinajstić information content (AvgIpc) is 3.20. The minimum atomic E-state index is -0.262. The predicted molar refractivity (Wildman–Crippen MR) is 105 cm³/mol. The Balaban J connectivity index is 1.48. The van der Waals surface area contributed by atoms with Crippen LogP contribution in [-0.4, -0.2) is 46.1 Å². The molecule has 1 fully saturated rings. The Morgan fingerprint density at radius 2 is 1.45 bits per heavy atom. The lowest BCUT2D eigenvalue weighted by Gasteiger charge is -2.39. The van der Waals surface area contributed by atoms with E-state index in [2.05, 4.69) is 19.9 Å². The van der Waals surface area contributed by atoms with Crippen molar-refractivity contribution in [2.45, 2.75) is 25.9 Å². The molecule has 7 heteroatoms. The van der Waals surface area contributed by atoms with Crippen molar-refractivity contribution in [3.63, 3.8) is 0 Å². The molecular formula is C22H24F2N4O. The first-order chi connectivity index (χ1) is 14.1. The third kappa shape index (κ3) is 4.68. The Bertz CT molecular complexity index is 873. The van der Waals surface area contributed by atoms with E-state index in [-0.39, 0.29) is 17.7 Å². The molecule has 0 spiro atoms. The van der Waals surface area contributed by atoms with Crippen LogP contribution in [0.1, 0.15) is 35.8 Å². The zero-order valence-electron chi connectivity index (χ0n) is 16.4. The van der Waals surface area contributed by atoms with Crippen molar-refractivity contribution in [3.8, 4) is 0 Å². The summed E-state index contributed by atoms with van der Waals surface area (Å²) in [7, 11) is 0. The van der Waals surface area contributed by atoms with Gasteiger partial charge >= 0.3 is 0 Å². The summed E-state index contributed by atoms with van der Waals surface area (Å²) in [6.07, 6.45) is 0.758. The van der Waals surface area contributed by atoms with Gasteiger partial charge in [0, 0.05) is 32.6 Å². The van der Waals surface area contributed by atoms with E-state index in [0.717, 1.165) is 49.6 Å². The molecule has 0 saturated carbocycles. The number of aromatic nitrogens is 2. The summed E-state index contributed by atoms with van der Waals surface area (Å²) in [5.74, 6) is 0.847. The molecule has 2 aromatic carbocycles. The first-order valence-electron chi connectivity index (χ1n) is 9.91. The molecule has 3 aromatic rings. The smallest absolute Gasteiger partial charge is 0.240 e. The van der Waals surface area contributed by atoms with Gasteiger partial charge in [-0.3, -0.25) is 9.80 Å². The molecule has 1 aliphatic heterocycles. The molecule has 0 unspecified atom stereocenters. The molecule has 4 rings (SSSR count). The van der Waals surface area contributed by atoms with E-state index in [0.29, 0.717) is 12.4 Å². The summed E-state index contributed by atoms with van der Waals surface area (Å²) in [5, 5.41) is 3.95. The minimum absolute atomic E-state index is 0.0477. The fourth-order valence-electron chi connectivity index (χ4n) is 3.77. The number of benzene rings is 2. The van der Waals surface area contributed by atoms with Crippen molar-refractivity contribution in [1.29, 1.82) is 0 Å².